The third-order valence-electron chi connectivity index (χ3n) is 3.92. The van der Waals surface area contributed by atoms with Crippen LogP contribution in [0.3, 0.4) is 0 Å². The van der Waals surface area contributed by atoms with Crippen molar-refractivity contribution >= 4 is 0 Å². The van der Waals surface area contributed by atoms with E-state index < -0.39 is 6.10 Å². The van der Waals surface area contributed by atoms with Gasteiger partial charge in [-0.2, -0.15) is 0 Å². The predicted octanol–water partition coefficient (Wildman–Crippen LogP) is 2.70. The fraction of sp³-hybridized carbons (Fsp3) is 0.333. The van der Waals surface area contributed by atoms with E-state index in [1.54, 1.807) is 0 Å². The number of rotatable bonds is 4. The minimum Gasteiger partial charge on any atom is -0.492 e. The molecule has 2 N–H and O–H groups in total. The summed E-state index contributed by atoms with van der Waals surface area (Å²) in [4.78, 5) is 0. The summed E-state index contributed by atoms with van der Waals surface area (Å²) in [7, 11) is 0. The average Bonchev–Trinajstić information content (AvgIpc) is 2.68. The number of aliphatic hydroxyl groups is 1. The maximum atomic E-state index is 10.3. The monoisotopic (exact) mass is 283 g/mol. The third kappa shape index (κ3) is 3.63. The average molecular weight is 283 g/mol. The Kier molecular flexibility index (Phi) is 4.53. The largest absolute Gasteiger partial charge is 0.492 e. The van der Waals surface area contributed by atoms with Gasteiger partial charge in [0.1, 0.15) is 12.4 Å². The molecule has 3 nitrogen and oxygen atoms in total. The standard InChI is InChI=1S/C18H21NO2/c20-17-12-15(13-21-18-9-5-4-8-16(17)18)19-11-10-14-6-2-1-3-7-14/h1-9,15,17,19-20H,10-13H2. The summed E-state index contributed by atoms with van der Waals surface area (Å²) < 4.78 is 5.81. The molecule has 2 aromatic rings. The first-order chi connectivity index (χ1) is 10.3. The van der Waals surface area contributed by atoms with Gasteiger partial charge in [-0.05, 0) is 31.0 Å². The minimum absolute atomic E-state index is 0.177. The van der Waals surface area contributed by atoms with Crippen LogP contribution >= 0.6 is 0 Å². The van der Waals surface area contributed by atoms with Crippen molar-refractivity contribution in [3.63, 3.8) is 0 Å². The number of aliphatic hydroxyl groups excluding tert-OH is 1. The van der Waals surface area contributed by atoms with Crippen LogP contribution in [0.5, 0.6) is 5.75 Å². The molecule has 0 radical (unpaired) electrons. The van der Waals surface area contributed by atoms with Crippen LogP contribution in [0.1, 0.15) is 23.7 Å². The van der Waals surface area contributed by atoms with Crippen molar-refractivity contribution in [2.24, 2.45) is 0 Å². The van der Waals surface area contributed by atoms with Crippen LogP contribution in [0.2, 0.25) is 0 Å². The van der Waals surface area contributed by atoms with Gasteiger partial charge in [0.2, 0.25) is 0 Å². The van der Waals surface area contributed by atoms with Crippen molar-refractivity contribution in [2.75, 3.05) is 13.2 Å². The van der Waals surface area contributed by atoms with E-state index in [0.29, 0.717) is 13.0 Å². The molecule has 0 aromatic heterocycles. The Morgan fingerprint density at radius 2 is 1.81 bits per heavy atom. The zero-order valence-electron chi connectivity index (χ0n) is 12.0. The summed E-state index contributed by atoms with van der Waals surface area (Å²) >= 11 is 0. The molecule has 1 aliphatic heterocycles. The van der Waals surface area contributed by atoms with Gasteiger partial charge in [0, 0.05) is 11.6 Å². The molecule has 3 rings (SSSR count). The zero-order chi connectivity index (χ0) is 14.5. The number of benzene rings is 2. The number of hydrogen-bond acceptors (Lipinski definition) is 3. The lowest BCUT2D eigenvalue weighted by molar-refractivity contribution is 0.151. The van der Waals surface area contributed by atoms with Gasteiger partial charge in [-0.1, -0.05) is 48.5 Å². The van der Waals surface area contributed by atoms with E-state index >= 15 is 0 Å². The Balaban J connectivity index is 1.54. The second-order valence-corrected chi connectivity index (χ2v) is 5.49. The quantitative estimate of drug-likeness (QED) is 0.906. The first kappa shape index (κ1) is 14.1. The van der Waals surface area contributed by atoms with E-state index in [2.05, 4.69) is 29.6 Å². The molecule has 0 amide bonds. The number of ether oxygens (including phenoxy) is 1. The lowest BCUT2D eigenvalue weighted by Gasteiger charge is -2.17. The normalized spacial score (nSPS) is 21.2. The van der Waals surface area contributed by atoms with E-state index in [0.717, 1.165) is 24.3 Å². The molecule has 0 spiro atoms. The molecule has 0 fully saturated rings. The highest BCUT2D eigenvalue weighted by molar-refractivity contribution is 5.36. The molecule has 0 bridgehead atoms. The number of fused-ring (bicyclic) bond motifs is 1. The summed E-state index contributed by atoms with van der Waals surface area (Å²) in [5, 5.41) is 13.8. The van der Waals surface area contributed by atoms with Crippen molar-refractivity contribution in [3.8, 4) is 5.75 Å². The van der Waals surface area contributed by atoms with Gasteiger partial charge in [0.15, 0.2) is 0 Å². The molecular formula is C18H21NO2. The lowest BCUT2D eigenvalue weighted by Crippen LogP contribution is -2.36. The van der Waals surface area contributed by atoms with E-state index in [1.165, 1.54) is 5.56 Å². The molecule has 1 heterocycles. The topological polar surface area (TPSA) is 41.5 Å². The Morgan fingerprint density at radius 1 is 1.05 bits per heavy atom. The fourth-order valence-corrected chi connectivity index (χ4v) is 2.75. The summed E-state index contributed by atoms with van der Waals surface area (Å²) in [6.45, 7) is 1.49. The molecule has 1 aliphatic rings. The summed E-state index contributed by atoms with van der Waals surface area (Å²) in [6, 6.07) is 18.3. The van der Waals surface area contributed by atoms with Gasteiger partial charge in [-0.15, -0.1) is 0 Å². The van der Waals surface area contributed by atoms with Crippen LogP contribution in [0.25, 0.3) is 0 Å². The third-order valence-corrected chi connectivity index (χ3v) is 3.92. The van der Waals surface area contributed by atoms with Crippen LogP contribution < -0.4 is 10.1 Å². The number of para-hydroxylation sites is 1. The van der Waals surface area contributed by atoms with E-state index in [4.69, 9.17) is 4.74 Å². The van der Waals surface area contributed by atoms with Crippen LogP contribution in [0.15, 0.2) is 54.6 Å². The van der Waals surface area contributed by atoms with E-state index in [1.807, 2.05) is 30.3 Å². The number of nitrogens with one attached hydrogen (secondary N) is 1. The van der Waals surface area contributed by atoms with Crippen LogP contribution in [0.4, 0.5) is 0 Å². The summed E-state index contributed by atoms with van der Waals surface area (Å²) in [5.74, 6) is 0.803. The molecule has 2 aromatic carbocycles. The zero-order valence-corrected chi connectivity index (χ0v) is 12.0. The fourth-order valence-electron chi connectivity index (χ4n) is 2.75. The first-order valence-electron chi connectivity index (χ1n) is 7.50. The van der Waals surface area contributed by atoms with Crippen LogP contribution in [0, 0.1) is 0 Å². The molecule has 21 heavy (non-hydrogen) atoms. The summed E-state index contributed by atoms with van der Waals surface area (Å²) in [5.41, 5.74) is 2.22. The van der Waals surface area contributed by atoms with Crippen LogP contribution in [-0.4, -0.2) is 24.3 Å². The van der Waals surface area contributed by atoms with Gasteiger partial charge >= 0.3 is 0 Å². The van der Waals surface area contributed by atoms with Gasteiger partial charge in [0.05, 0.1) is 6.10 Å². The van der Waals surface area contributed by atoms with Crippen molar-refractivity contribution in [2.45, 2.75) is 25.0 Å². The van der Waals surface area contributed by atoms with Gasteiger partial charge in [-0.25, -0.2) is 0 Å². The molecule has 0 aliphatic carbocycles. The Hall–Kier alpha value is -1.84. The summed E-state index contributed by atoms with van der Waals surface area (Å²) in [6.07, 6.45) is 1.21. The SMILES string of the molecule is OC1CC(NCCc2ccccc2)COc2ccccc21. The molecule has 2 atom stereocenters. The second-order valence-electron chi connectivity index (χ2n) is 5.49. The van der Waals surface area contributed by atoms with Gasteiger partial charge < -0.3 is 15.2 Å². The molecule has 3 heteroatoms. The molecule has 0 saturated heterocycles. The Labute approximate surface area is 125 Å². The predicted molar refractivity (Wildman–Crippen MR) is 83.5 cm³/mol. The molecule has 0 saturated carbocycles. The second kappa shape index (κ2) is 6.74. The highest BCUT2D eigenvalue weighted by Gasteiger charge is 2.23. The molecule has 110 valence electrons. The Morgan fingerprint density at radius 3 is 2.67 bits per heavy atom. The maximum Gasteiger partial charge on any atom is 0.125 e. The molecular weight excluding hydrogens is 262 g/mol. The van der Waals surface area contributed by atoms with Gasteiger partial charge in [-0.3, -0.25) is 0 Å². The smallest absolute Gasteiger partial charge is 0.125 e. The van der Waals surface area contributed by atoms with Crippen molar-refractivity contribution < 1.29 is 9.84 Å². The highest BCUT2D eigenvalue weighted by Crippen LogP contribution is 2.30. The maximum absolute atomic E-state index is 10.3. The Bertz CT molecular complexity index is 570. The van der Waals surface area contributed by atoms with Crippen molar-refractivity contribution in [1.29, 1.82) is 0 Å². The highest BCUT2D eigenvalue weighted by atomic mass is 16.5. The first-order valence-corrected chi connectivity index (χ1v) is 7.50. The van der Waals surface area contributed by atoms with E-state index in [9.17, 15) is 5.11 Å². The molecule has 2 unspecified atom stereocenters. The van der Waals surface area contributed by atoms with Gasteiger partial charge in [0.25, 0.3) is 0 Å². The minimum atomic E-state index is -0.460. The van der Waals surface area contributed by atoms with E-state index in [-0.39, 0.29) is 6.04 Å². The van der Waals surface area contributed by atoms with Crippen LogP contribution in [-0.2, 0) is 6.42 Å². The lowest BCUT2D eigenvalue weighted by atomic mass is 10.0. The van der Waals surface area contributed by atoms with Crippen molar-refractivity contribution in [1.82, 2.24) is 5.32 Å². The number of hydrogen-bond donors (Lipinski definition) is 2. The van der Waals surface area contributed by atoms with Crippen molar-refractivity contribution in [3.05, 3.63) is 65.7 Å².